The molecule has 40 heavy (non-hydrogen) atoms. The fourth-order valence-corrected chi connectivity index (χ4v) is 8.56. The molecule has 1 aromatic heterocycles. The number of hydrogen-bond donors (Lipinski definition) is 0. The Morgan fingerprint density at radius 1 is 1.07 bits per heavy atom. The monoisotopic (exact) mass is 606 g/mol. The fraction of sp³-hybridized carbons (Fsp3) is 0.567. The van der Waals surface area contributed by atoms with E-state index >= 15 is 0 Å². The van der Waals surface area contributed by atoms with Crippen molar-refractivity contribution in [3.63, 3.8) is 0 Å². The van der Waals surface area contributed by atoms with Crippen molar-refractivity contribution in [2.45, 2.75) is 77.0 Å². The second-order valence-electron chi connectivity index (χ2n) is 11.2. The number of aryl methyl sites for hydroxylation is 1. The van der Waals surface area contributed by atoms with Crippen molar-refractivity contribution in [3.8, 4) is 0 Å². The second kappa shape index (κ2) is 14.8. The fourth-order valence-electron chi connectivity index (χ4n) is 4.69. The van der Waals surface area contributed by atoms with Gasteiger partial charge in [-0.25, -0.2) is 17.5 Å². The van der Waals surface area contributed by atoms with Crippen LogP contribution in [0.5, 0.6) is 0 Å². The Morgan fingerprint density at radius 2 is 1.77 bits per heavy atom. The summed E-state index contributed by atoms with van der Waals surface area (Å²) in [5.74, 6) is -0.466. The van der Waals surface area contributed by atoms with Gasteiger partial charge in [-0.05, 0) is 68.9 Å². The molecule has 1 heterocycles. The molecule has 1 aliphatic rings. The number of thiophene rings is 1. The maximum absolute atomic E-state index is 14.5. The Morgan fingerprint density at radius 3 is 2.45 bits per heavy atom. The van der Waals surface area contributed by atoms with Gasteiger partial charge in [-0.3, -0.25) is 0 Å². The molecule has 0 atom stereocenters. The van der Waals surface area contributed by atoms with Crippen LogP contribution in [0, 0.1) is 0 Å². The number of carbonyl (C=O) groups excluding carboxylic acids is 1. The van der Waals surface area contributed by atoms with Crippen molar-refractivity contribution in [1.82, 2.24) is 4.90 Å². The minimum absolute atomic E-state index is 0.157. The van der Waals surface area contributed by atoms with E-state index in [9.17, 15) is 13.2 Å². The topological polar surface area (TPSA) is 76.1 Å². The molecule has 0 N–H and O–H groups in total. The minimum atomic E-state index is -4.08. The van der Waals surface area contributed by atoms with Crippen molar-refractivity contribution < 1.29 is 22.7 Å². The van der Waals surface area contributed by atoms with Crippen LogP contribution in [-0.4, -0.2) is 66.9 Å². The van der Waals surface area contributed by atoms with Crippen LogP contribution in [0.2, 0.25) is 25.7 Å². The lowest BCUT2D eigenvalue weighted by atomic mass is 9.95. The summed E-state index contributed by atoms with van der Waals surface area (Å²) in [4.78, 5) is 16.8. The third kappa shape index (κ3) is 8.28. The van der Waals surface area contributed by atoms with Crippen LogP contribution in [0.1, 0.15) is 60.0 Å². The van der Waals surface area contributed by atoms with Crippen molar-refractivity contribution in [1.29, 1.82) is 0 Å². The van der Waals surface area contributed by atoms with Gasteiger partial charge in [0.2, 0.25) is 0 Å². The number of nitrogens with zero attached hydrogens (tertiary/aromatic N) is 2. The molecule has 3 rings (SSSR count). The molecule has 1 aromatic carbocycles. The van der Waals surface area contributed by atoms with E-state index in [1.807, 2.05) is 24.3 Å². The van der Waals surface area contributed by atoms with E-state index in [1.54, 1.807) is 19.1 Å². The molecule has 0 saturated carbocycles. The SMILES string of the molecule is CCOC(=O)c1c(N(COCC[Si](C)(C)C)S(=O)(=O)c2ccccc2/C=C\CN(CC)CC)sc2c1CCCC2. The summed E-state index contributed by atoms with van der Waals surface area (Å²) in [6, 6.07) is 7.96. The quantitative estimate of drug-likeness (QED) is 0.0976. The minimum Gasteiger partial charge on any atom is -0.462 e. The highest BCUT2D eigenvalue weighted by Crippen LogP contribution is 2.43. The van der Waals surface area contributed by atoms with Crippen LogP contribution in [0.25, 0.3) is 6.08 Å². The van der Waals surface area contributed by atoms with Gasteiger partial charge in [0, 0.05) is 26.1 Å². The van der Waals surface area contributed by atoms with Gasteiger partial charge < -0.3 is 14.4 Å². The number of ether oxygens (including phenoxy) is 2. The molecule has 222 valence electrons. The predicted molar refractivity (Wildman–Crippen MR) is 169 cm³/mol. The van der Waals surface area contributed by atoms with Gasteiger partial charge in [-0.15, -0.1) is 11.3 Å². The number of likely N-dealkylation sites (N-methyl/N-ethyl adjacent to an activating group) is 1. The van der Waals surface area contributed by atoms with Crippen molar-refractivity contribution in [2.24, 2.45) is 0 Å². The van der Waals surface area contributed by atoms with Gasteiger partial charge in [-0.1, -0.05) is 63.8 Å². The van der Waals surface area contributed by atoms with E-state index in [0.717, 1.165) is 61.8 Å². The molecule has 1 aliphatic carbocycles. The zero-order valence-electron chi connectivity index (χ0n) is 25.0. The molecule has 2 aromatic rings. The average Bonchev–Trinajstić information content (AvgIpc) is 3.29. The molecular formula is C30H46N2O5S2Si. The molecule has 0 unspecified atom stereocenters. The number of anilines is 1. The van der Waals surface area contributed by atoms with Crippen LogP contribution >= 0.6 is 11.3 Å². The summed E-state index contributed by atoms with van der Waals surface area (Å²) in [5, 5.41) is 0.403. The number of carbonyl (C=O) groups is 1. The average molecular weight is 607 g/mol. The summed E-state index contributed by atoms with van der Waals surface area (Å²) in [5.41, 5.74) is 1.92. The van der Waals surface area contributed by atoms with E-state index in [0.29, 0.717) is 22.7 Å². The van der Waals surface area contributed by atoms with E-state index in [1.165, 1.54) is 15.6 Å². The Hall–Kier alpha value is -1.98. The predicted octanol–water partition coefficient (Wildman–Crippen LogP) is 6.67. The first-order valence-corrected chi connectivity index (χ1v) is 20.4. The van der Waals surface area contributed by atoms with Gasteiger partial charge in [0.1, 0.15) is 11.7 Å². The van der Waals surface area contributed by atoms with Crippen molar-refractivity contribution in [3.05, 3.63) is 51.9 Å². The van der Waals surface area contributed by atoms with Crippen molar-refractivity contribution in [2.75, 3.05) is 43.9 Å². The molecule has 0 spiro atoms. The Bertz CT molecular complexity index is 1260. The molecule has 7 nitrogen and oxygen atoms in total. The van der Waals surface area contributed by atoms with Gasteiger partial charge in [0.15, 0.2) is 0 Å². The summed E-state index contributed by atoms with van der Waals surface area (Å²) < 4.78 is 41.7. The van der Waals surface area contributed by atoms with Gasteiger partial charge in [0.25, 0.3) is 10.0 Å². The van der Waals surface area contributed by atoms with Gasteiger partial charge in [0.05, 0.1) is 17.1 Å². The van der Waals surface area contributed by atoms with Crippen LogP contribution < -0.4 is 4.31 Å². The van der Waals surface area contributed by atoms with Crippen LogP contribution in [0.3, 0.4) is 0 Å². The lowest BCUT2D eigenvalue weighted by Gasteiger charge is -2.26. The highest BCUT2D eigenvalue weighted by molar-refractivity contribution is 7.93. The largest absolute Gasteiger partial charge is 0.462 e. The zero-order chi connectivity index (χ0) is 29.3. The summed E-state index contributed by atoms with van der Waals surface area (Å²) in [6.45, 7) is 15.9. The smallest absolute Gasteiger partial charge is 0.341 e. The maximum atomic E-state index is 14.5. The van der Waals surface area contributed by atoms with Crippen LogP contribution in [0.4, 0.5) is 5.00 Å². The molecule has 0 amide bonds. The van der Waals surface area contributed by atoms with Crippen molar-refractivity contribution >= 4 is 46.5 Å². The summed E-state index contributed by atoms with van der Waals surface area (Å²) >= 11 is 1.39. The second-order valence-corrected chi connectivity index (χ2v) is 19.8. The van der Waals surface area contributed by atoms with E-state index in [-0.39, 0.29) is 18.2 Å². The van der Waals surface area contributed by atoms with Gasteiger partial charge in [-0.2, -0.15) is 0 Å². The van der Waals surface area contributed by atoms with E-state index < -0.39 is 24.1 Å². The maximum Gasteiger partial charge on any atom is 0.341 e. The molecule has 0 fully saturated rings. The van der Waals surface area contributed by atoms with Crippen LogP contribution in [0.15, 0.2) is 35.2 Å². The molecule has 0 aliphatic heterocycles. The Balaban J connectivity index is 2.09. The number of esters is 1. The first-order chi connectivity index (χ1) is 19.0. The third-order valence-electron chi connectivity index (χ3n) is 7.11. The van der Waals surface area contributed by atoms with E-state index in [2.05, 4.69) is 38.4 Å². The van der Waals surface area contributed by atoms with Crippen LogP contribution in [-0.2, 0) is 32.3 Å². The first-order valence-electron chi connectivity index (χ1n) is 14.4. The lowest BCUT2D eigenvalue weighted by Crippen LogP contribution is -2.35. The summed E-state index contributed by atoms with van der Waals surface area (Å²) in [6.07, 6.45) is 7.45. The lowest BCUT2D eigenvalue weighted by molar-refractivity contribution is 0.0526. The molecule has 0 saturated heterocycles. The summed E-state index contributed by atoms with van der Waals surface area (Å²) in [7, 11) is -5.46. The zero-order valence-corrected chi connectivity index (χ0v) is 27.6. The molecule has 10 heteroatoms. The highest BCUT2D eigenvalue weighted by atomic mass is 32.2. The molecule has 0 bridgehead atoms. The number of rotatable bonds is 15. The Kier molecular flexibility index (Phi) is 12.0. The first kappa shape index (κ1) is 32.5. The number of fused-ring (bicyclic) bond motifs is 1. The number of hydrogen-bond acceptors (Lipinski definition) is 7. The normalized spacial score (nSPS) is 14.1. The van der Waals surface area contributed by atoms with Gasteiger partial charge >= 0.3 is 5.97 Å². The standard InChI is InChI=1S/C30H46N2O5S2Si/c1-7-31(8-2)20-14-16-24-15-10-13-19-27(24)39(34,35)32(23-36-21-22-40(4,5)6)29-28(30(33)37-9-3)25-17-11-12-18-26(25)38-29/h10,13-16,19H,7-9,11-12,17-18,20-23H2,1-6H3/b16-14-. The third-order valence-corrected chi connectivity index (χ3v) is 12.0. The Labute approximate surface area is 246 Å². The number of benzene rings is 1. The highest BCUT2D eigenvalue weighted by Gasteiger charge is 2.35. The molecular weight excluding hydrogens is 561 g/mol. The number of sulfonamides is 1. The molecule has 0 radical (unpaired) electrons. The van der Waals surface area contributed by atoms with E-state index in [4.69, 9.17) is 9.47 Å².